The van der Waals surface area contributed by atoms with E-state index in [1.54, 1.807) is 0 Å². The van der Waals surface area contributed by atoms with Crippen molar-refractivity contribution in [2.75, 3.05) is 13.2 Å². The van der Waals surface area contributed by atoms with Crippen molar-refractivity contribution in [2.45, 2.75) is 84.2 Å². The molecule has 0 fully saturated rings. The van der Waals surface area contributed by atoms with E-state index in [0.717, 1.165) is 38.5 Å². The molecule has 44 heavy (non-hydrogen) atoms. The number of ether oxygens (including phenoxy) is 2. The molecule has 0 rings (SSSR count). The first-order valence-electron chi connectivity index (χ1n) is 15.9. The molecule has 5 heteroatoms. The third kappa shape index (κ3) is 31.0. The predicted molar refractivity (Wildman–Crippen MR) is 186 cm³/mol. The quantitative estimate of drug-likeness (QED) is 0.0640. The summed E-state index contributed by atoms with van der Waals surface area (Å²) in [5, 5.41) is 9.49. The lowest BCUT2D eigenvalue weighted by Crippen LogP contribution is -2.28. The number of carbonyl (C=O) groups excluding carboxylic acids is 2. The van der Waals surface area contributed by atoms with Crippen molar-refractivity contribution in [2.24, 2.45) is 0 Å². The van der Waals surface area contributed by atoms with Crippen LogP contribution in [0.5, 0.6) is 0 Å². The number of aliphatic hydroxyl groups excluding tert-OH is 1. The molecule has 0 aliphatic rings. The maximum Gasteiger partial charge on any atom is 0.306 e. The molecule has 0 spiro atoms. The van der Waals surface area contributed by atoms with E-state index in [0.29, 0.717) is 12.8 Å². The summed E-state index contributed by atoms with van der Waals surface area (Å²) in [6.07, 6.45) is 50.7. The Hall–Kier alpha value is -3.96. The van der Waals surface area contributed by atoms with Crippen LogP contribution in [0, 0.1) is 0 Å². The molecule has 0 radical (unpaired) electrons. The fourth-order valence-corrected chi connectivity index (χ4v) is 3.38. The average molecular weight is 603 g/mol. The molecule has 0 bridgehead atoms. The zero-order chi connectivity index (χ0) is 32.2. The fraction of sp³-hybridized carbons (Fsp3) is 0.385. The lowest BCUT2D eigenvalue weighted by Gasteiger charge is -2.15. The van der Waals surface area contributed by atoms with Crippen molar-refractivity contribution in [3.8, 4) is 0 Å². The van der Waals surface area contributed by atoms with Crippen molar-refractivity contribution >= 4 is 11.9 Å². The van der Waals surface area contributed by atoms with E-state index >= 15 is 0 Å². The Kier molecular flexibility index (Phi) is 30.5. The smallest absolute Gasteiger partial charge is 0.306 e. The van der Waals surface area contributed by atoms with Crippen LogP contribution in [0.3, 0.4) is 0 Å². The molecule has 240 valence electrons. The molecular formula is C39H54O5. The monoisotopic (exact) mass is 602 g/mol. The van der Waals surface area contributed by atoms with Gasteiger partial charge in [-0.05, 0) is 44.9 Å². The Morgan fingerprint density at radius 1 is 0.523 bits per heavy atom. The molecule has 5 nitrogen and oxygen atoms in total. The van der Waals surface area contributed by atoms with Gasteiger partial charge in [0.1, 0.15) is 6.61 Å². The minimum absolute atomic E-state index is 0.133. The summed E-state index contributed by atoms with van der Waals surface area (Å²) in [7, 11) is 0. The number of aliphatic hydroxyl groups is 1. The van der Waals surface area contributed by atoms with Gasteiger partial charge in [-0.3, -0.25) is 9.59 Å². The van der Waals surface area contributed by atoms with Crippen molar-refractivity contribution < 1.29 is 24.2 Å². The summed E-state index contributed by atoms with van der Waals surface area (Å²) >= 11 is 0. The number of esters is 2. The number of rotatable bonds is 25. The van der Waals surface area contributed by atoms with Crippen LogP contribution in [0.4, 0.5) is 0 Å². The molecule has 0 aromatic carbocycles. The van der Waals surface area contributed by atoms with E-state index in [4.69, 9.17) is 9.47 Å². The second-order valence-electron chi connectivity index (χ2n) is 9.69. The second-order valence-corrected chi connectivity index (χ2v) is 9.69. The average Bonchev–Trinajstić information content (AvgIpc) is 3.02. The van der Waals surface area contributed by atoms with Crippen molar-refractivity contribution in [3.05, 3.63) is 134 Å². The number of unbranched alkanes of at least 4 members (excludes halogenated alkanes) is 4. The first kappa shape index (κ1) is 40.0. The molecule has 1 atom stereocenters. The van der Waals surface area contributed by atoms with Gasteiger partial charge in [0, 0.05) is 12.8 Å². The molecule has 0 aliphatic heterocycles. The van der Waals surface area contributed by atoms with Crippen LogP contribution >= 0.6 is 0 Å². The Bertz CT molecular complexity index is 1040. The van der Waals surface area contributed by atoms with E-state index < -0.39 is 6.10 Å². The SMILES string of the molecule is CC/C=C/C=C/C=C/C=C/C=C/C=C/CCCCCC(=O)OC(CO)COC(=O)CCC/C=C/C=C/C=C/C=C/C=C/CC. The van der Waals surface area contributed by atoms with Crippen molar-refractivity contribution in [1.82, 2.24) is 0 Å². The van der Waals surface area contributed by atoms with Gasteiger partial charge in [-0.2, -0.15) is 0 Å². The van der Waals surface area contributed by atoms with Crippen LogP contribution in [0.25, 0.3) is 0 Å². The van der Waals surface area contributed by atoms with E-state index in [9.17, 15) is 14.7 Å². The van der Waals surface area contributed by atoms with Gasteiger partial charge in [-0.25, -0.2) is 0 Å². The maximum absolute atomic E-state index is 12.1. The molecule has 0 heterocycles. The summed E-state index contributed by atoms with van der Waals surface area (Å²) in [5.74, 6) is -0.751. The molecule has 0 aromatic heterocycles. The number of carbonyl (C=O) groups is 2. The van der Waals surface area contributed by atoms with Crippen LogP contribution in [0.15, 0.2) is 134 Å². The van der Waals surface area contributed by atoms with Crippen molar-refractivity contribution in [1.29, 1.82) is 0 Å². The second kappa shape index (κ2) is 33.5. The number of hydrogen-bond acceptors (Lipinski definition) is 5. The zero-order valence-electron chi connectivity index (χ0n) is 26.8. The van der Waals surface area contributed by atoms with Crippen molar-refractivity contribution in [3.63, 3.8) is 0 Å². The van der Waals surface area contributed by atoms with Gasteiger partial charge >= 0.3 is 11.9 Å². The molecule has 0 amide bonds. The van der Waals surface area contributed by atoms with Gasteiger partial charge in [0.25, 0.3) is 0 Å². The summed E-state index contributed by atoms with van der Waals surface area (Å²) in [6.45, 7) is 3.69. The Labute approximate surface area is 266 Å². The van der Waals surface area contributed by atoms with Crippen LogP contribution in [0.2, 0.25) is 0 Å². The lowest BCUT2D eigenvalue weighted by atomic mass is 10.1. The van der Waals surface area contributed by atoms with E-state index in [1.165, 1.54) is 0 Å². The topological polar surface area (TPSA) is 72.8 Å². The van der Waals surface area contributed by atoms with Gasteiger partial charge in [0.15, 0.2) is 6.10 Å². The first-order chi connectivity index (χ1) is 21.6. The largest absolute Gasteiger partial charge is 0.462 e. The summed E-state index contributed by atoms with van der Waals surface area (Å²) in [6, 6.07) is 0. The predicted octanol–water partition coefficient (Wildman–Crippen LogP) is 9.49. The number of allylic oxidation sites excluding steroid dienone is 22. The lowest BCUT2D eigenvalue weighted by molar-refractivity contribution is -0.161. The fourth-order valence-electron chi connectivity index (χ4n) is 3.38. The van der Waals surface area contributed by atoms with Gasteiger partial charge in [-0.1, -0.05) is 154 Å². The molecule has 1 N–H and O–H groups in total. The highest BCUT2D eigenvalue weighted by Crippen LogP contribution is 2.07. The van der Waals surface area contributed by atoms with E-state index in [-0.39, 0.29) is 38.0 Å². The third-order valence-corrected chi connectivity index (χ3v) is 5.73. The Morgan fingerprint density at radius 2 is 0.932 bits per heavy atom. The van der Waals surface area contributed by atoms with Crippen LogP contribution in [0.1, 0.15) is 78.1 Å². The van der Waals surface area contributed by atoms with Gasteiger partial charge in [-0.15, -0.1) is 0 Å². The summed E-state index contributed by atoms with van der Waals surface area (Å²) in [5.41, 5.74) is 0. The normalized spacial score (nSPS) is 14.0. The standard InChI is InChI=1S/C39H54O5/c1-3-5-7-9-11-13-15-17-18-19-20-22-24-26-28-30-32-34-39(42)44-37(35-40)36-43-38(41)33-31-29-27-25-23-21-16-14-12-10-8-6-4-2/h5-25,27,37,40H,3-4,26,28-36H2,1-2H3/b7-5+,8-6+,11-9+,12-10+,15-13+,16-14+,18-17+,20-19+,23-21+,24-22+,27-25+. The summed E-state index contributed by atoms with van der Waals surface area (Å²) < 4.78 is 10.4. The van der Waals surface area contributed by atoms with Gasteiger partial charge in [0.05, 0.1) is 6.61 Å². The molecule has 0 saturated heterocycles. The molecule has 0 aliphatic carbocycles. The van der Waals surface area contributed by atoms with Crippen LogP contribution in [-0.2, 0) is 19.1 Å². The highest BCUT2D eigenvalue weighted by molar-refractivity contribution is 5.70. The Morgan fingerprint density at radius 3 is 1.39 bits per heavy atom. The molecular weight excluding hydrogens is 548 g/mol. The third-order valence-electron chi connectivity index (χ3n) is 5.73. The minimum Gasteiger partial charge on any atom is -0.462 e. The van der Waals surface area contributed by atoms with Crippen LogP contribution in [-0.4, -0.2) is 36.4 Å². The summed E-state index contributed by atoms with van der Waals surface area (Å²) in [4.78, 5) is 24.1. The van der Waals surface area contributed by atoms with Gasteiger partial charge in [0.2, 0.25) is 0 Å². The van der Waals surface area contributed by atoms with Gasteiger partial charge < -0.3 is 14.6 Å². The molecule has 0 aromatic rings. The van der Waals surface area contributed by atoms with Crippen LogP contribution < -0.4 is 0 Å². The minimum atomic E-state index is -0.833. The maximum atomic E-state index is 12.1. The zero-order valence-corrected chi connectivity index (χ0v) is 26.8. The first-order valence-corrected chi connectivity index (χ1v) is 15.9. The molecule has 0 saturated carbocycles. The van der Waals surface area contributed by atoms with E-state index in [1.807, 2.05) is 115 Å². The van der Waals surface area contributed by atoms with E-state index in [2.05, 4.69) is 32.1 Å². The number of hydrogen-bond donors (Lipinski definition) is 1. The highest BCUT2D eigenvalue weighted by Gasteiger charge is 2.15. The Balaban J connectivity index is 3.91. The molecule has 1 unspecified atom stereocenters. The highest BCUT2D eigenvalue weighted by atomic mass is 16.6.